The molecule has 3 heterocycles. The Hall–Kier alpha value is -2.77. The van der Waals surface area contributed by atoms with Gasteiger partial charge in [-0.3, -0.25) is 4.79 Å². The van der Waals surface area contributed by atoms with Crippen molar-refractivity contribution in [2.45, 2.75) is 32.4 Å². The van der Waals surface area contributed by atoms with E-state index in [0.717, 1.165) is 30.7 Å². The number of rotatable bonds is 6. The number of piperidine rings is 1. The average Bonchev–Trinajstić information content (AvgIpc) is 3.15. The Kier molecular flexibility index (Phi) is 7.18. The fourth-order valence-corrected chi connectivity index (χ4v) is 3.69. The molecule has 160 valence electrons. The standard InChI is InChI=1S/C22H26N4O3.ClH/c1-15-11-16(8-9-23-15)22(27)25-17-6-7-19(28-2)20(12-17)29-14-18-13-26-10-4-3-5-21(26)24-18;/h3-7,10,12-13,15-16,23H,8-9,11,14H2,1-2H3,(H,25,27);1H/t15-,16-;/m0./s1. The summed E-state index contributed by atoms with van der Waals surface area (Å²) in [5, 5.41) is 6.39. The van der Waals surface area contributed by atoms with E-state index < -0.39 is 0 Å². The highest BCUT2D eigenvalue weighted by Crippen LogP contribution is 2.31. The van der Waals surface area contributed by atoms with Gasteiger partial charge in [-0.1, -0.05) is 6.07 Å². The van der Waals surface area contributed by atoms with E-state index in [4.69, 9.17) is 9.47 Å². The van der Waals surface area contributed by atoms with Crippen LogP contribution in [0, 0.1) is 5.92 Å². The van der Waals surface area contributed by atoms with Crippen molar-refractivity contribution in [3.8, 4) is 11.5 Å². The number of fused-ring (bicyclic) bond motifs is 1. The number of benzene rings is 1. The predicted molar refractivity (Wildman–Crippen MR) is 119 cm³/mol. The molecule has 7 nitrogen and oxygen atoms in total. The Morgan fingerprint density at radius 1 is 1.30 bits per heavy atom. The topological polar surface area (TPSA) is 76.9 Å². The second-order valence-corrected chi connectivity index (χ2v) is 7.42. The number of halogens is 1. The molecule has 3 aromatic rings. The molecule has 1 aliphatic rings. The van der Waals surface area contributed by atoms with Crippen LogP contribution in [0.1, 0.15) is 25.5 Å². The largest absolute Gasteiger partial charge is 0.493 e. The van der Waals surface area contributed by atoms with Crippen molar-refractivity contribution >= 4 is 29.6 Å². The Morgan fingerprint density at radius 2 is 2.17 bits per heavy atom. The van der Waals surface area contributed by atoms with Crippen molar-refractivity contribution < 1.29 is 14.3 Å². The first-order chi connectivity index (χ1) is 14.1. The van der Waals surface area contributed by atoms with E-state index in [0.29, 0.717) is 29.8 Å². The summed E-state index contributed by atoms with van der Waals surface area (Å²) < 4.78 is 13.3. The van der Waals surface area contributed by atoms with Crippen LogP contribution in [0.2, 0.25) is 0 Å². The second kappa shape index (κ2) is 9.82. The first kappa shape index (κ1) is 21.9. The molecule has 1 aliphatic heterocycles. The third kappa shape index (κ3) is 5.04. The van der Waals surface area contributed by atoms with Crippen LogP contribution in [0.3, 0.4) is 0 Å². The third-order valence-electron chi connectivity index (χ3n) is 5.22. The molecule has 0 saturated carbocycles. The number of nitrogens with one attached hydrogen (secondary N) is 2. The zero-order chi connectivity index (χ0) is 20.2. The number of pyridine rings is 1. The smallest absolute Gasteiger partial charge is 0.227 e. The van der Waals surface area contributed by atoms with E-state index in [9.17, 15) is 4.79 Å². The van der Waals surface area contributed by atoms with Gasteiger partial charge in [-0.25, -0.2) is 4.98 Å². The molecule has 0 spiro atoms. The highest BCUT2D eigenvalue weighted by atomic mass is 35.5. The SMILES string of the molecule is COc1ccc(NC(=O)[C@H]2CCN[C@@H](C)C2)cc1OCc1cn2ccccc2n1.Cl. The third-order valence-corrected chi connectivity index (χ3v) is 5.22. The normalized spacial score (nSPS) is 18.5. The molecule has 2 aromatic heterocycles. The van der Waals surface area contributed by atoms with Crippen LogP contribution >= 0.6 is 12.4 Å². The fourth-order valence-electron chi connectivity index (χ4n) is 3.69. The van der Waals surface area contributed by atoms with Crippen molar-refractivity contribution in [3.63, 3.8) is 0 Å². The van der Waals surface area contributed by atoms with Crippen molar-refractivity contribution in [3.05, 3.63) is 54.5 Å². The van der Waals surface area contributed by atoms with E-state index >= 15 is 0 Å². The number of ether oxygens (including phenoxy) is 2. The van der Waals surface area contributed by atoms with Gasteiger partial charge in [0, 0.05) is 36.1 Å². The van der Waals surface area contributed by atoms with Gasteiger partial charge in [0.2, 0.25) is 5.91 Å². The molecule has 8 heteroatoms. The van der Waals surface area contributed by atoms with E-state index in [1.165, 1.54) is 0 Å². The van der Waals surface area contributed by atoms with Gasteiger partial charge in [0.25, 0.3) is 0 Å². The van der Waals surface area contributed by atoms with Gasteiger partial charge >= 0.3 is 0 Å². The average molecular weight is 431 g/mol. The summed E-state index contributed by atoms with van der Waals surface area (Å²) in [5.74, 6) is 1.26. The zero-order valence-electron chi connectivity index (χ0n) is 17.1. The zero-order valence-corrected chi connectivity index (χ0v) is 17.9. The Bertz CT molecular complexity index is 974. The number of carbonyl (C=O) groups excluding carboxylic acids is 1. The number of hydrogen-bond acceptors (Lipinski definition) is 5. The van der Waals surface area contributed by atoms with Gasteiger partial charge in [-0.05, 0) is 50.6 Å². The Balaban J connectivity index is 0.00000256. The second-order valence-electron chi connectivity index (χ2n) is 7.42. The molecule has 0 aliphatic carbocycles. The van der Waals surface area contributed by atoms with Crippen molar-refractivity contribution in [2.24, 2.45) is 5.92 Å². The number of methoxy groups -OCH3 is 1. The minimum atomic E-state index is 0. The van der Waals surface area contributed by atoms with Gasteiger partial charge in [-0.15, -0.1) is 12.4 Å². The van der Waals surface area contributed by atoms with E-state index in [2.05, 4.69) is 22.5 Å². The van der Waals surface area contributed by atoms with Gasteiger partial charge in [0.05, 0.1) is 12.8 Å². The molecule has 2 N–H and O–H groups in total. The minimum absolute atomic E-state index is 0. The summed E-state index contributed by atoms with van der Waals surface area (Å²) in [6.07, 6.45) is 5.58. The number of hydrogen-bond donors (Lipinski definition) is 2. The van der Waals surface area contributed by atoms with E-state index in [1.807, 2.05) is 41.1 Å². The number of aromatic nitrogens is 2. The molecule has 2 atom stereocenters. The molecule has 0 bridgehead atoms. The van der Waals surface area contributed by atoms with Crippen LogP contribution in [0.4, 0.5) is 5.69 Å². The molecule has 0 radical (unpaired) electrons. The van der Waals surface area contributed by atoms with Crippen LogP contribution in [0.5, 0.6) is 11.5 Å². The maximum absolute atomic E-state index is 12.6. The fraction of sp³-hybridized carbons (Fsp3) is 0.364. The lowest BCUT2D eigenvalue weighted by Gasteiger charge is -2.27. The van der Waals surface area contributed by atoms with Crippen molar-refractivity contribution in [1.82, 2.24) is 14.7 Å². The molecule has 1 saturated heterocycles. The number of anilines is 1. The Labute approximate surface area is 182 Å². The molecule has 1 amide bonds. The lowest BCUT2D eigenvalue weighted by molar-refractivity contribution is -0.120. The van der Waals surface area contributed by atoms with Crippen LogP contribution in [-0.2, 0) is 11.4 Å². The maximum Gasteiger partial charge on any atom is 0.227 e. The van der Waals surface area contributed by atoms with E-state index in [1.54, 1.807) is 19.2 Å². The number of amides is 1. The minimum Gasteiger partial charge on any atom is -0.493 e. The lowest BCUT2D eigenvalue weighted by Crippen LogP contribution is -2.40. The first-order valence-electron chi connectivity index (χ1n) is 9.90. The highest BCUT2D eigenvalue weighted by Gasteiger charge is 2.25. The van der Waals surface area contributed by atoms with Gasteiger partial charge in [-0.2, -0.15) is 0 Å². The summed E-state index contributed by atoms with van der Waals surface area (Å²) in [4.78, 5) is 17.2. The summed E-state index contributed by atoms with van der Waals surface area (Å²) in [5.41, 5.74) is 2.39. The van der Waals surface area contributed by atoms with Crippen molar-refractivity contribution in [1.29, 1.82) is 0 Å². The van der Waals surface area contributed by atoms with Crippen LogP contribution in [-0.4, -0.2) is 35.0 Å². The monoisotopic (exact) mass is 430 g/mol. The molecular formula is C22H27ClN4O3. The molecule has 1 aromatic carbocycles. The summed E-state index contributed by atoms with van der Waals surface area (Å²) in [6.45, 7) is 3.29. The first-order valence-corrected chi connectivity index (χ1v) is 9.90. The quantitative estimate of drug-likeness (QED) is 0.624. The van der Waals surface area contributed by atoms with Gasteiger partial charge in [0.15, 0.2) is 11.5 Å². The molecule has 0 unspecified atom stereocenters. The summed E-state index contributed by atoms with van der Waals surface area (Å²) in [6, 6.07) is 11.7. The van der Waals surface area contributed by atoms with Crippen molar-refractivity contribution in [2.75, 3.05) is 19.0 Å². The summed E-state index contributed by atoms with van der Waals surface area (Å²) >= 11 is 0. The van der Waals surface area contributed by atoms with E-state index in [-0.39, 0.29) is 24.2 Å². The van der Waals surface area contributed by atoms with Crippen LogP contribution in [0.25, 0.3) is 5.65 Å². The number of carbonyl (C=O) groups is 1. The Morgan fingerprint density at radius 3 is 2.93 bits per heavy atom. The van der Waals surface area contributed by atoms with Gasteiger partial charge < -0.3 is 24.5 Å². The highest BCUT2D eigenvalue weighted by molar-refractivity contribution is 5.93. The van der Waals surface area contributed by atoms with Crippen LogP contribution in [0.15, 0.2) is 48.8 Å². The van der Waals surface area contributed by atoms with Gasteiger partial charge in [0.1, 0.15) is 12.3 Å². The number of imidazole rings is 1. The molecular weight excluding hydrogens is 404 g/mol. The maximum atomic E-state index is 12.6. The van der Waals surface area contributed by atoms with Crippen LogP contribution < -0.4 is 20.1 Å². The summed E-state index contributed by atoms with van der Waals surface area (Å²) in [7, 11) is 1.60. The molecule has 30 heavy (non-hydrogen) atoms. The molecule has 4 rings (SSSR count). The lowest BCUT2D eigenvalue weighted by atomic mass is 9.92. The molecule has 1 fully saturated rings. The number of nitrogens with zero attached hydrogens (tertiary/aromatic N) is 2. The predicted octanol–water partition coefficient (Wildman–Crippen LogP) is 3.67.